The summed E-state index contributed by atoms with van der Waals surface area (Å²) < 4.78 is 11.4. The third-order valence-corrected chi connectivity index (χ3v) is 3.62. The van der Waals surface area contributed by atoms with E-state index in [1.165, 1.54) is 0 Å². The quantitative estimate of drug-likeness (QED) is 0.634. The van der Waals surface area contributed by atoms with Crippen molar-refractivity contribution >= 4 is 5.97 Å². The number of morpholine rings is 1. The summed E-state index contributed by atoms with van der Waals surface area (Å²) in [5, 5.41) is 0. The highest BCUT2D eigenvalue weighted by molar-refractivity contribution is 5.75. The van der Waals surface area contributed by atoms with Crippen molar-refractivity contribution in [3.8, 4) is 5.75 Å². The molecule has 1 atom stereocenters. The molecule has 1 aromatic rings. The number of hydrogen-bond acceptors (Lipinski definition) is 4. The van der Waals surface area contributed by atoms with Gasteiger partial charge in [0.05, 0.1) is 18.2 Å². The summed E-state index contributed by atoms with van der Waals surface area (Å²) in [6.45, 7) is 11.8. The van der Waals surface area contributed by atoms with Gasteiger partial charge >= 0.3 is 5.97 Å². The molecule has 1 aliphatic heterocycles. The van der Waals surface area contributed by atoms with Gasteiger partial charge in [0.25, 0.3) is 0 Å². The summed E-state index contributed by atoms with van der Waals surface area (Å²) in [4.78, 5) is 14.3. The lowest BCUT2D eigenvalue weighted by molar-refractivity contribution is -0.148. The highest BCUT2D eigenvalue weighted by Crippen LogP contribution is 2.23. The highest BCUT2D eigenvalue weighted by atomic mass is 16.5. The van der Waals surface area contributed by atoms with E-state index in [-0.39, 0.29) is 17.7 Å². The molecule has 0 amide bonds. The molecule has 0 spiro atoms. The van der Waals surface area contributed by atoms with E-state index in [0.29, 0.717) is 12.3 Å². The van der Waals surface area contributed by atoms with Crippen LogP contribution in [0.15, 0.2) is 18.2 Å². The third-order valence-electron chi connectivity index (χ3n) is 3.62. The van der Waals surface area contributed by atoms with E-state index in [9.17, 15) is 4.79 Å². The molecule has 4 nitrogen and oxygen atoms in total. The lowest BCUT2D eigenvalue weighted by atomic mass is 10.1. The second kappa shape index (κ2) is 6.16. The zero-order valence-electron chi connectivity index (χ0n) is 13.6. The van der Waals surface area contributed by atoms with Gasteiger partial charge in [-0.1, -0.05) is 18.2 Å². The second-order valence-corrected chi connectivity index (χ2v) is 6.55. The second-order valence-electron chi connectivity index (χ2n) is 6.55. The van der Waals surface area contributed by atoms with E-state index in [4.69, 9.17) is 9.47 Å². The first-order chi connectivity index (χ1) is 9.77. The predicted molar refractivity (Wildman–Crippen MR) is 82.6 cm³/mol. The Bertz CT molecular complexity index is 505. The van der Waals surface area contributed by atoms with Gasteiger partial charge in [-0.25, -0.2) is 0 Å². The standard InChI is InChI=1S/C17H25NO3/c1-12-7-6-8-13(2)16(12)20-15(19)10-18-9-14(3)21-17(4,5)11-18/h6-8,14H,9-11H2,1-5H3. The van der Waals surface area contributed by atoms with Crippen molar-refractivity contribution in [2.24, 2.45) is 0 Å². The number of rotatable bonds is 3. The van der Waals surface area contributed by atoms with E-state index in [2.05, 4.69) is 4.90 Å². The molecule has 1 fully saturated rings. The molecule has 1 aliphatic rings. The number of esters is 1. The maximum Gasteiger partial charge on any atom is 0.325 e. The van der Waals surface area contributed by atoms with Gasteiger partial charge in [-0.15, -0.1) is 0 Å². The van der Waals surface area contributed by atoms with E-state index in [1.807, 2.05) is 52.8 Å². The predicted octanol–water partition coefficient (Wildman–Crippen LogP) is 2.71. The molecule has 1 saturated heterocycles. The maximum atomic E-state index is 12.2. The van der Waals surface area contributed by atoms with Crippen molar-refractivity contribution in [2.45, 2.75) is 46.3 Å². The average Bonchev–Trinajstić information content (AvgIpc) is 2.31. The van der Waals surface area contributed by atoms with E-state index >= 15 is 0 Å². The van der Waals surface area contributed by atoms with E-state index in [1.54, 1.807) is 0 Å². The molecule has 0 aliphatic carbocycles. The maximum absolute atomic E-state index is 12.2. The molecular weight excluding hydrogens is 266 g/mol. The Balaban J connectivity index is 1.99. The fourth-order valence-electron chi connectivity index (χ4n) is 3.00. The molecule has 0 radical (unpaired) electrons. The zero-order valence-corrected chi connectivity index (χ0v) is 13.6. The average molecular weight is 291 g/mol. The Morgan fingerprint density at radius 1 is 1.38 bits per heavy atom. The molecule has 0 bridgehead atoms. The summed E-state index contributed by atoms with van der Waals surface area (Å²) in [5.74, 6) is 0.473. The number of nitrogens with zero attached hydrogens (tertiary/aromatic N) is 1. The van der Waals surface area contributed by atoms with Crippen LogP contribution in [0, 0.1) is 13.8 Å². The topological polar surface area (TPSA) is 38.8 Å². The van der Waals surface area contributed by atoms with Crippen molar-refractivity contribution in [1.82, 2.24) is 4.90 Å². The summed E-state index contributed by atoms with van der Waals surface area (Å²) in [7, 11) is 0. The van der Waals surface area contributed by atoms with Crippen molar-refractivity contribution in [1.29, 1.82) is 0 Å². The number of carbonyl (C=O) groups excluding carboxylic acids is 1. The lowest BCUT2D eigenvalue weighted by Gasteiger charge is -2.41. The van der Waals surface area contributed by atoms with Crippen LogP contribution in [0.1, 0.15) is 31.9 Å². The van der Waals surface area contributed by atoms with Gasteiger partial charge in [0.15, 0.2) is 0 Å². The monoisotopic (exact) mass is 291 g/mol. The normalized spacial score (nSPS) is 22.0. The Hall–Kier alpha value is -1.39. The fourth-order valence-corrected chi connectivity index (χ4v) is 3.00. The van der Waals surface area contributed by atoms with Gasteiger partial charge in [-0.3, -0.25) is 9.69 Å². The number of ether oxygens (including phenoxy) is 2. The molecule has 0 N–H and O–H groups in total. The lowest BCUT2D eigenvalue weighted by Crippen LogP contribution is -2.53. The van der Waals surface area contributed by atoms with Gasteiger partial charge in [0.1, 0.15) is 5.75 Å². The summed E-state index contributed by atoms with van der Waals surface area (Å²) in [6.07, 6.45) is 0.127. The number of para-hydroxylation sites is 1. The van der Waals surface area contributed by atoms with Gasteiger partial charge in [0.2, 0.25) is 0 Å². The smallest absolute Gasteiger partial charge is 0.325 e. The van der Waals surface area contributed by atoms with Gasteiger partial charge in [-0.2, -0.15) is 0 Å². The fraction of sp³-hybridized carbons (Fsp3) is 0.588. The molecule has 4 heteroatoms. The third kappa shape index (κ3) is 4.29. The van der Waals surface area contributed by atoms with Crippen LogP contribution in [-0.4, -0.2) is 42.2 Å². The van der Waals surface area contributed by atoms with Crippen LogP contribution in [0.25, 0.3) is 0 Å². The van der Waals surface area contributed by atoms with Crippen LogP contribution in [0.4, 0.5) is 0 Å². The minimum absolute atomic E-state index is 0.127. The number of aryl methyl sites for hydroxylation is 2. The molecule has 1 unspecified atom stereocenters. The van der Waals surface area contributed by atoms with Crippen molar-refractivity contribution in [3.63, 3.8) is 0 Å². The molecule has 21 heavy (non-hydrogen) atoms. The van der Waals surface area contributed by atoms with Crippen LogP contribution in [-0.2, 0) is 9.53 Å². The molecule has 2 rings (SSSR count). The minimum atomic E-state index is -0.226. The molecule has 0 aromatic heterocycles. The van der Waals surface area contributed by atoms with Crippen LogP contribution in [0.3, 0.4) is 0 Å². The Kier molecular flexibility index (Phi) is 4.69. The van der Waals surface area contributed by atoms with Gasteiger partial charge < -0.3 is 9.47 Å². The number of benzene rings is 1. The van der Waals surface area contributed by atoms with E-state index < -0.39 is 0 Å². The largest absolute Gasteiger partial charge is 0.425 e. The first kappa shape index (κ1) is 16.0. The molecule has 0 saturated carbocycles. The summed E-state index contributed by atoms with van der Waals surface area (Å²) in [6, 6.07) is 5.87. The van der Waals surface area contributed by atoms with Crippen molar-refractivity contribution < 1.29 is 14.3 Å². The van der Waals surface area contributed by atoms with Crippen LogP contribution in [0.2, 0.25) is 0 Å². The van der Waals surface area contributed by atoms with Crippen LogP contribution >= 0.6 is 0 Å². The number of carbonyl (C=O) groups is 1. The molecule has 1 aromatic carbocycles. The first-order valence-corrected chi connectivity index (χ1v) is 7.44. The van der Waals surface area contributed by atoms with Crippen LogP contribution < -0.4 is 4.74 Å². The minimum Gasteiger partial charge on any atom is -0.425 e. The Morgan fingerprint density at radius 2 is 2.00 bits per heavy atom. The first-order valence-electron chi connectivity index (χ1n) is 7.44. The van der Waals surface area contributed by atoms with Crippen LogP contribution in [0.5, 0.6) is 5.75 Å². The summed E-state index contributed by atoms with van der Waals surface area (Å²) in [5.41, 5.74) is 1.74. The summed E-state index contributed by atoms with van der Waals surface area (Å²) >= 11 is 0. The highest BCUT2D eigenvalue weighted by Gasteiger charge is 2.32. The van der Waals surface area contributed by atoms with Gasteiger partial charge in [-0.05, 0) is 45.7 Å². The SMILES string of the molecule is Cc1cccc(C)c1OC(=O)CN1CC(C)OC(C)(C)C1. The van der Waals surface area contributed by atoms with E-state index in [0.717, 1.165) is 24.2 Å². The Labute approximate surface area is 127 Å². The van der Waals surface area contributed by atoms with Crippen molar-refractivity contribution in [3.05, 3.63) is 29.3 Å². The molecule has 116 valence electrons. The van der Waals surface area contributed by atoms with Gasteiger partial charge in [0, 0.05) is 13.1 Å². The Morgan fingerprint density at radius 3 is 2.57 bits per heavy atom. The zero-order chi connectivity index (χ0) is 15.6. The molecule has 1 heterocycles. The number of hydrogen-bond donors (Lipinski definition) is 0. The molecular formula is C17H25NO3. The van der Waals surface area contributed by atoms with Crippen molar-refractivity contribution in [2.75, 3.05) is 19.6 Å².